The second-order valence-corrected chi connectivity index (χ2v) is 4.34. The first-order valence-electron chi connectivity index (χ1n) is 6.09. The summed E-state index contributed by atoms with van der Waals surface area (Å²) in [6, 6.07) is 13.7. The molecule has 0 atom stereocenters. The number of hydrogen-bond donors (Lipinski definition) is 3. The zero-order valence-corrected chi connectivity index (χ0v) is 11.0. The van der Waals surface area contributed by atoms with Crippen molar-refractivity contribution in [3.8, 4) is 0 Å². The first-order valence-corrected chi connectivity index (χ1v) is 6.09. The number of carbonyl (C=O) groups excluding carboxylic acids is 2. The van der Waals surface area contributed by atoms with Crippen molar-refractivity contribution >= 4 is 28.9 Å². The Labute approximate surface area is 116 Å². The molecule has 2 amide bonds. The maximum atomic E-state index is 12.0. The molecule has 0 unspecified atom stereocenters. The highest BCUT2D eigenvalue weighted by atomic mass is 16.2. The maximum absolute atomic E-state index is 12.0. The molecule has 5 heteroatoms. The van der Waals surface area contributed by atoms with Crippen LogP contribution in [-0.4, -0.2) is 11.8 Å². The van der Waals surface area contributed by atoms with Crippen LogP contribution in [0, 0.1) is 0 Å². The molecule has 0 heterocycles. The summed E-state index contributed by atoms with van der Waals surface area (Å²) >= 11 is 0. The van der Waals surface area contributed by atoms with Crippen molar-refractivity contribution in [3.05, 3.63) is 54.1 Å². The maximum Gasteiger partial charge on any atom is 0.255 e. The molecule has 0 radical (unpaired) electrons. The average Bonchev–Trinajstić information content (AvgIpc) is 2.38. The number of hydrogen-bond acceptors (Lipinski definition) is 3. The molecule has 2 aromatic carbocycles. The number of benzene rings is 2. The summed E-state index contributed by atoms with van der Waals surface area (Å²) in [4.78, 5) is 23.0. The Balaban J connectivity index is 2.13. The topological polar surface area (TPSA) is 84.2 Å². The normalized spacial score (nSPS) is 9.85. The van der Waals surface area contributed by atoms with E-state index in [9.17, 15) is 9.59 Å². The minimum absolute atomic E-state index is 0.163. The molecular formula is C15H15N3O2. The van der Waals surface area contributed by atoms with Gasteiger partial charge in [0, 0.05) is 29.5 Å². The van der Waals surface area contributed by atoms with Gasteiger partial charge in [-0.15, -0.1) is 0 Å². The van der Waals surface area contributed by atoms with E-state index in [0.29, 0.717) is 22.6 Å². The number of nitrogens with two attached hydrogens (primary N) is 1. The van der Waals surface area contributed by atoms with Gasteiger partial charge in [0.05, 0.1) is 0 Å². The van der Waals surface area contributed by atoms with Crippen LogP contribution in [-0.2, 0) is 4.79 Å². The first-order chi connectivity index (χ1) is 9.54. The Bertz CT molecular complexity index is 653. The molecule has 5 nitrogen and oxygen atoms in total. The van der Waals surface area contributed by atoms with Gasteiger partial charge >= 0.3 is 0 Å². The van der Waals surface area contributed by atoms with Crippen LogP contribution in [0.15, 0.2) is 48.5 Å². The molecule has 20 heavy (non-hydrogen) atoms. The number of nitrogens with one attached hydrogen (secondary N) is 2. The number of anilines is 3. The van der Waals surface area contributed by atoms with Crippen LogP contribution in [0.1, 0.15) is 17.3 Å². The summed E-state index contributed by atoms with van der Waals surface area (Å²) in [5, 5.41) is 5.41. The van der Waals surface area contributed by atoms with E-state index in [2.05, 4.69) is 10.6 Å². The van der Waals surface area contributed by atoms with Gasteiger partial charge in [0.15, 0.2) is 0 Å². The monoisotopic (exact) mass is 269 g/mol. The van der Waals surface area contributed by atoms with E-state index < -0.39 is 0 Å². The Kier molecular flexibility index (Phi) is 4.00. The van der Waals surface area contributed by atoms with Gasteiger partial charge in [-0.05, 0) is 36.4 Å². The number of nitrogen functional groups attached to an aromatic ring is 1. The second kappa shape index (κ2) is 5.88. The van der Waals surface area contributed by atoms with E-state index in [1.165, 1.54) is 6.92 Å². The third kappa shape index (κ3) is 3.58. The third-order valence-electron chi connectivity index (χ3n) is 2.59. The van der Waals surface area contributed by atoms with Gasteiger partial charge in [-0.1, -0.05) is 12.1 Å². The van der Waals surface area contributed by atoms with Crippen molar-refractivity contribution in [3.63, 3.8) is 0 Å². The summed E-state index contributed by atoms with van der Waals surface area (Å²) in [5.41, 5.74) is 7.88. The van der Waals surface area contributed by atoms with E-state index in [1.807, 2.05) is 0 Å². The fraction of sp³-hybridized carbons (Fsp3) is 0.0667. The van der Waals surface area contributed by atoms with E-state index >= 15 is 0 Å². The van der Waals surface area contributed by atoms with Crippen LogP contribution in [0.3, 0.4) is 0 Å². The fourth-order valence-electron chi connectivity index (χ4n) is 1.76. The molecule has 102 valence electrons. The van der Waals surface area contributed by atoms with Crippen molar-refractivity contribution in [1.82, 2.24) is 0 Å². The van der Waals surface area contributed by atoms with Crippen molar-refractivity contribution in [2.45, 2.75) is 6.92 Å². The number of carbonyl (C=O) groups is 2. The van der Waals surface area contributed by atoms with Crippen LogP contribution >= 0.6 is 0 Å². The van der Waals surface area contributed by atoms with Gasteiger partial charge in [-0.25, -0.2) is 0 Å². The molecule has 0 bridgehead atoms. The highest BCUT2D eigenvalue weighted by Gasteiger charge is 2.06. The van der Waals surface area contributed by atoms with E-state index in [0.717, 1.165) is 0 Å². The summed E-state index contributed by atoms with van der Waals surface area (Å²) < 4.78 is 0. The van der Waals surface area contributed by atoms with Crippen molar-refractivity contribution in [2.75, 3.05) is 16.4 Å². The van der Waals surface area contributed by atoms with Gasteiger partial charge in [-0.3, -0.25) is 9.59 Å². The molecule has 0 fully saturated rings. The number of amides is 2. The molecule has 0 saturated carbocycles. The van der Waals surface area contributed by atoms with Gasteiger partial charge in [0.1, 0.15) is 0 Å². The average molecular weight is 269 g/mol. The van der Waals surface area contributed by atoms with E-state index in [1.54, 1.807) is 48.5 Å². The highest BCUT2D eigenvalue weighted by Crippen LogP contribution is 2.16. The van der Waals surface area contributed by atoms with Crippen molar-refractivity contribution in [1.29, 1.82) is 0 Å². The molecular weight excluding hydrogens is 254 g/mol. The zero-order valence-electron chi connectivity index (χ0n) is 11.0. The van der Waals surface area contributed by atoms with E-state index in [-0.39, 0.29) is 11.8 Å². The molecule has 0 aliphatic carbocycles. The Morgan fingerprint density at radius 2 is 1.60 bits per heavy atom. The summed E-state index contributed by atoms with van der Waals surface area (Å²) in [5.74, 6) is -0.415. The fourth-order valence-corrected chi connectivity index (χ4v) is 1.76. The van der Waals surface area contributed by atoms with E-state index in [4.69, 9.17) is 5.73 Å². The predicted molar refractivity (Wildman–Crippen MR) is 79.6 cm³/mol. The summed E-state index contributed by atoms with van der Waals surface area (Å²) in [6.45, 7) is 1.43. The van der Waals surface area contributed by atoms with Crippen LogP contribution in [0.25, 0.3) is 0 Å². The minimum Gasteiger partial charge on any atom is -0.399 e. The zero-order chi connectivity index (χ0) is 14.5. The Morgan fingerprint density at radius 1 is 0.950 bits per heavy atom. The Hall–Kier alpha value is -2.82. The lowest BCUT2D eigenvalue weighted by Gasteiger charge is -2.08. The van der Waals surface area contributed by atoms with Crippen molar-refractivity contribution in [2.24, 2.45) is 0 Å². The second-order valence-electron chi connectivity index (χ2n) is 4.34. The van der Waals surface area contributed by atoms with Gasteiger partial charge in [0.25, 0.3) is 5.91 Å². The molecule has 0 saturated heterocycles. The smallest absolute Gasteiger partial charge is 0.255 e. The molecule has 0 aromatic heterocycles. The molecule has 0 aliphatic heterocycles. The molecule has 0 spiro atoms. The van der Waals surface area contributed by atoms with Crippen LogP contribution in [0.4, 0.5) is 17.1 Å². The quantitative estimate of drug-likeness (QED) is 0.748. The molecule has 2 aromatic rings. The standard InChI is InChI=1S/C15H15N3O2/c1-10(19)17-13-6-3-7-14(9-13)18-15(20)11-4-2-5-12(16)8-11/h2-9H,16H2,1H3,(H,17,19)(H,18,20). The molecule has 2 rings (SSSR count). The summed E-state index contributed by atoms with van der Waals surface area (Å²) in [6.07, 6.45) is 0. The largest absolute Gasteiger partial charge is 0.399 e. The third-order valence-corrected chi connectivity index (χ3v) is 2.59. The van der Waals surface area contributed by atoms with Crippen LogP contribution in [0.2, 0.25) is 0 Å². The molecule has 4 N–H and O–H groups in total. The summed E-state index contributed by atoms with van der Waals surface area (Å²) in [7, 11) is 0. The lowest BCUT2D eigenvalue weighted by molar-refractivity contribution is -0.114. The highest BCUT2D eigenvalue weighted by molar-refractivity contribution is 6.05. The van der Waals surface area contributed by atoms with Crippen LogP contribution in [0.5, 0.6) is 0 Å². The Morgan fingerprint density at radius 3 is 2.25 bits per heavy atom. The SMILES string of the molecule is CC(=O)Nc1cccc(NC(=O)c2cccc(N)c2)c1. The predicted octanol–water partition coefficient (Wildman–Crippen LogP) is 2.48. The van der Waals surface area contributed by atoms with Crippen LogP contribution < -0.4 is 16.4 Å². The van der Waals surface area contributed by atoms with Crippen molar-refractivity contribution < 1.29 is 9.59 Å². The van der Waals surface area contributed by atoms with Gasteiger partial charge in [-0.2, -0.15) is 0 Å². The first kappa shape index (κ1) is 13.6. The van der Waals surface area contributed by atoms with Gasteiger partial charge < -0.3 is 16.4 Å². The lowest BCUT2D eigenvalue weighted by atomic mass is 10.2. The number of rotatable bonds is 3. The minimum atomic E-state index is -0.253. The lowest BCUT2D eigenvalue weighted by Crippen LogP contribution is -2.12. The van der Waals surface area contributed by atoms with Gasteiger partial charge in [0.2, 0.25) is 5.91 Å². The molecule has 0 aliphatic rings.